The molecule has 0 saturated heterocycles. The van der Waals surface area contributed by atoms with Crippen LogP contribution in [0.15, 0.2) is 30.3 Å². The zero-order valence-corrected chi connectivity index (χ0v) is 17.7. The maximum Gasteiger partial charge on any atom is 0.321 e. The molecule has 8 nitrogen and oxygen atoms in total. The van der Waals surface area contributed by atoms with Crippen LogP contribution < -0.4 is 29.6 Å². The summed E-state index contributed by atoms with van der Waals surface area (Å²) in [5, 5.41) is 6.17. The average molecular weight is 417 g/mol. The number of hydrogen-bond acceptors (Lipinski definition) is 7. The van der Waals surface area contributed by atoms with E-state index in [2.05, 4.69) is 15.6 Å². The fourth-order valence-electron chi connectivity index (χ4n) is 2.85. The molecule has 1 aromatic heterocycles. The van der Waals surface area contributed by atoms with Crippen LogP contribution in [-0.4, -0.2) is 39.5 Å². The molecule has 0 aliphatic heterocycles. The van der Waals surface area contributed by atoms with Gasteiger partial charge in [0, 0.05) is 0 Å². The van der Waals surface area contributed by atoms with Crippen molar-refractivity contribution in [2.24, 2.45) is 0 Å². The Bertz CT molecular complexity index is 996. The Balaban J connectivity index is 1.73. The van der Waals surface area contributed by atoms with Gasteiger partial charge in [0.25, 0.3) is 0 Å². The van der Waals surface area contributed by atoms with E-state index in [-0.39, 0.29) is 12.1 Å². The molecule has 29 heavy (non-hydrogen) atoms. The highest BCUT2D eigenvalue weighted by Gasteiger charge is 2.18. The first-order chi connectivity index (χ1) is 14.0. The minimum absolute atomic E-state index is 0.307. The lowest BCUT2D eigenvalue weighted by molar-refractivity contribution is 0.249. The molecule has 0 saturated carbocycles. The van der Waals surface area contributed by atoms with Crippen LogP contribution in [0.2, 0.25) is 0 Å². The van der Waals surface area contributed by atoms with Crippen molar-refractivity contribution in [1.82, 2.24) is 10.3 Å². The third-order valence-electron chi connectivity index (χ3n) is 4.35. The van der Waals surface area contributed by atoms with E-state index >= 15 is 0 Å². The number of carbonyl (C=O) groups excluding carboxylic acids is 1. The predicted molar refractivity (Wildman–Crippen MR) is 113 cm³/mol. The number of fused-ring (bicyclic) bond motifs is 1. The highest BCUT2D eigenvalue weighted by atomic mass is 32.1. The summed E-state index contributed by atoms with van der Waals surface area (Å²) in [4.78, 5) is 16.9. The molecule has 0 radical (unpaired) electrons. The summed E-state index contributed by atoms with van der Waals surface area (Å²) < 4.78 is 22.2. The Hall–Kier alpha value is -3.20. The normalized spacial score (nSPS) is 11.6. The van der Waals surface area contributed by atoms with Crippen LogP contribution in [0.25, 0.3) is 10.2 Å². The average Bonchev–Trinajstić information content (AvgIpc) is 3.13. The molecule has 0 bridgehead atoms. The van der Waals surface area contributed by atoms with Crippen LogP contribution in [0.5, 0.6) is 23.0 Å². The van der Waals surface area contributed by atoms with Crippen molar-refractivity contribution >= 4 is 32.7 Å². The van der Waals surface area contributed by atoms with E-state index in [1.807, 2.05) is 25.1 Å². The summed E-state index contributed by atoms with van der Waals surface area (Å²) in [6.45, 7) is 1.86. The molecular weight excluding hydrogens is 394 g/mol. The molecule has 3 aromatic rings. The molecule has 3 rings (SSSR count). The number of urea groups is 1. The predicted octanol–water partition coefficient (Wildman–Crippen LogP) is 4.21. The Morgan fingerprint density at radius 1 is 1.00 bits per heavy atom. The van der Waals surface area contributed by atoms with E-state index in [9.17, 15) is 4.79 Å². The van der Waals surface area contributed by atoms with Crippen molar-refractivity contribution < 1.29 is 23.7 Å². The lowest BCUT2D eigenvalue weighted by Crippen LogP contribution is -2.31. The van der Waals surface area contributed by atoms with Crippen LogP contribution in [0.4, 0.5) is 9.93 Å². The van der Waals surface area contributed by atoms with Gasteiger partial charge in [0.15, 0.2) is 16.6 Å². The van der Waals surface area contributed by atoms with E-state index < -0.39 is 0 Å². The molecule has 2 N–H and O–H groups in total. The zero-order valence-electron chi connectivity index (χ0n) is 16.9. The molecule has 9 heteroatoms. The molecule has 1 atom stereocenters. The second kappa shape index (κ2) is 8.87. The monoisotopic (exact) mass is 417 g/mol. The fourth-order valence-corrected chi connectivity index (χ4v) is 3.74. The Morgan fingerprint density at radius 3 is 2.28 bits per heavy atom. The molecule has 0 aliphatic rings. The second-order valence-corrected chi connectivity index (χ2v) is 7.16. The maximum atomic E-state index is 12.5. The summed E-state index contributed by atoms with van der Waals surface area (Å²) in [5.41, 5.74) is 1.60. The topological polar surface area (TPSA) is 90.9 Å². The standard InChI is InChI=1S/C20H23N3O5S/c1-11(12-8-15(26-3)18(28-5)16(9-12)27-4)21-19(24)23-20-22-14-7-6-13(25-2)10-17(14)29-20/h6-11H,1-5H3,(H2,21,22,23,24)/t11-/m0/s1. The number of aromatic nitrogens is 1. The first kappa shape index (κ1) is 20.5. The second-order valence-electron chi connectivity index (χ2n) is 6.13. The molecule has 2 aromatic carbocycles. The minimum atomic E-state index is -0.364. The quantitative estimate of drug-likeness (QED) is 0.598. The van der Waals surface area contributed by atoms with E-state index in [1.165, 1.54) is 11.3 Å². The van der Waals surface area contributed by atoms with Crippen LogP contribution >= 0.6 is 11.3 Å². The number of hydrogen-bond donors (Lipinski definition) is 2. The number of benzene rings is 2. The number of nitrogens with one attached hydrogen (secondary N) is 2. The van der Waals surface area contributed by atoms with Gasteiger partial charge in [-0.3, -0.25) is 5.32 Å². The summed E-state index contributed by atoms with van der Waals surface area (Å²) >= 11 is 1.38. The van der Waals surface area contributed by atoms with Gasteiger partial charge in [-0.1, -0.05) is 11.3 Å². The highest BCUT2D eigenvalue weighted by Crippen LogP contribution is 2.39. The van der Waals surface area contributed by atoms with Crippen molar-refractivity contribution in [2.45, 2.75) is 13.0 Å². The van der Waals surface area contributed by atoms with Crippen molar-refractivity contribution in [1.29, 1.82) is 0 Å². The van der Waals surface area contributed by atoms with Gasteiger partial charge >= 0.3 is 6.03 Å². The number of methoxy groups -OCH3 is 4. The van der Waals surface area contributed by atoms with Crippen LogP contribution in [0, 0.1) is 0 Å². The molecule has 0 spiro atoms. The first-order valence-electron chi connectivity index (χ1n) is 8.81. The number of thiazole rings is 1. The summed E-state index contributed by atoms with van der Waals surface area (Å²) in [6.07, 6.45) is 0. The molecular formula is C20H23N3O5S. The first-order valence-corrected chi connectivity index (χ1v) is 9.62. The summed E-state index contributed by atoms with van der Waals surface area (Å²) in [7, 11) is 6.25. The smallest absolute Gasteiger partial charge is 0.321 e. The van der Waals surface area contributed by atoms with E-state index in [0.29, 0.717) is 22.4 Å². The number of ether oxygens (including phenoxy) is 4. The van der Waals surface area contributed by atoms with E-state index in [4.69, 9.17) is 18.9 Å². The molecule has 1 heterocycles. The number of amides is 2. The fraction of sp³-hybridized carbons (Fsp3) is 0.300. The van der Waals surface area contributed by atoms with Crippen molar-refractivity contribution in [3.05, 3.63) is 35.9 Å². The van der Waals surface area contributed by atoms with Gasteiger partial charge in [-0.05, 0) is 42.8 Å². The maximum absolute atomic E-state index is 12.5. The number of rotatable bonds is 7. The van der Waals surface area contributed by atoms with Gasteiger partial charge in [0.2, 0.25) is 5.75 Å². The van der Waals surface area contributed by atoms with Gasteiger partial charge in [-0.15, -0.1) is 0 Å². The SMILES string of the molecule is COc1ccc2nc(NC(=O)N[C@@H](C)c3cc(OC)c(OC)c(OC)c3)sc2c1. The van der Waals surface area contributed by atoms with Gasteiger partial charge in [-0.2, -0.15) is 0 Å². The van der Waals surface area contributed by atoms with Crippen molar-refractivity contribution in [2.75, 3.05) is 33.8 Å². The third-order valence-corrected chi connectivity index (χ3v) is 5.28. The molecule has 0 aliphatic carbocycles. The lowest BCUT2D eigenvalue weighted by Gasteiger charge is -2.18. The number of nitrogens with zero attached hydrogens (tertiary/aromatic N) is 1. The van der Waals surface area contributed by atoms with Crippen molar-refractivity contribution in [3.8, 4) is 23.0 Å². The van der Waals surface area contributed by atoms with Gasteiger partial charge in [-0.25, -0.2) is 9.78 Å². The number of carbonyl (C=O) groups is 1. The highest BCUT2D eigenvalue weighted by molar-refractivity contribution is 7.22. The summed E-state index contributed by atoms with van der Waals surface area (Å²) in [6, 6.07) is 8.50. The lowest BCUT2D eigenvalue weighted by atomic mass is 10.1. The van der Waals surface area contributed by atoms with Crippen molar-refractivity contribution in [3.63, 3.8) is 0 Å². The molecule has 0 unspecified atom stereocenters. The Kier molecular flexibility index (Phi) is 6.28. The molecule has 154 valence electrons. The van der Waals surface area contributed by atoms with Gasteiger partial charge in [0.05, 0.1) is 44.7 Å². The van der Waals surface area contributed by atoms with Crippen LogP contribution in [0.3, 0.4) is 0 Å². The van der Waals surface area contributed by atoms with Gasteiger partial charge < -0.3 is 24.3 Å². The number of anilines is 1. The third kappa shape index (κ3) is 4.45. The van der Waals surface area contributed by atoms with E-state index in [0.717, 1.165) is 21.5 Å². The Labute approximate surface area is 172 Å². The van der Waals surface area contributed by atoms with Gasteiger partial charge in [0.1, 0.15) is 5.75 Å². The molecule has 2 amide bonds. The summed E-state index contributed by atoms with van der Waals surface area (Å²) in [5.74, 6) is 2.29. The minimum Gasteiger partial charge on any atom is -0.497 e. The molecule has 0 fully saturated rings. The van der Waals surface area contributed by atoms with E-state index in [1.54, 1.807) is 40.6 Å². The Morgan fingerprint density at radius 2 is 1.69 bits per heavy atom. The largest absolute Gasteiger partial charge is 0.497 e. The van der Waals surface area contributed by atoms with Crippen LogP contribution in [0.1, 0.15) is 18.5 Å². The zero-order chi connectivity index (χ0) is 21.0. The van der Waals surface area contributed by atoms with Crippen LogP contribution in [-0.2, 0) is 0 Å².